The van der Waals surface area contributed by atoms with Crippen molar-refractivity contribution in [2.75, 3.05) is 0 Å². The summed E-state index contributed by atoms with van der Waals surface area (Å²) in [5.41, 5.74) is 1.52. The second-order valence-electron chi connectivity index (χ2n) is 2.58. The number of carbonyl (C=O) groups excluding carboxylic acids is 2. The summed E-state index contributed by atoms with van der Waals surface area (Å²) in [5.74, 6) is -0.556. The van der Waals surface area contributed by atoms with Crippen molar-refractivity contribution in [1.82, 2.24) is 5.32 Å². The lowest BCUT2D eigenvalue weighted by molar-refractivity contribution is 0.112. The van der Waals surface area contributed by atoms with Crippen molar-refractivity contribution >= 4 is 19.9 Å². The maximum atomic E-state index is 10.4. The molecule has 1 aromatic carbocycles. The standard InChI is InChI=1S/C9H8BNO2/c10-9(13)11-5-7-1-3-8(6-12)4-2-7/h1-4,6H,5H2,(H,11,13). The minimum absolute atomic E-state index is 0.383. The molecule has 0 heterocycles. The molecule has 2 radical (unpaired) electrons. The smallest absolute Gasteiger partial charge is 0.200 e. The zero-order valence-corrected chi connectivity index (χ0v) is 6.99. The minimum atomic E-state index is -0.556. The lowest BCUT2D eigenvalue weighted by Crippen LogP contribution is -2.20. The average molecular weight is 173 g/mol. The third kappa shape index (κ3) is 3.11. The molecular formula is C9H8BNO2. The van der Waals surface area contributed by atoms with Gasteiger partial charge in [-0.2, -0.15) is 0 Å². The van der Waals surface area contributed by atoms with Gasteiger partial charge < -0.3 is 5.32 Å². The fourth-order valence-corrected chi connectivity index (χ4v) is 0.903. The molecule has 0 saturated heterocycles. The first-order valence-electron chi connectivity index (χ1n) is 3.80. The van der Waals surface area contributed by atoms with Gasteiger partial charge in [-0.15, -0.1) is 0 Å². The molecule has 64 valence electrons. The first kappa shape index (κ1) is 9.51. The number of amides is 1. The molecule has 1 rings (SSSR count). The molecular weight excluding hydrogens is 165 g/mol. The number of hydrogen-bond acceptors (Lipinski definition) is 2. The molecule has 0 aliphatic carbocycles. The zero-order chi connectivity index (χ0) is 9.68. The van der Waals surface area contributed by atoms with E-state index in [9.17, 15) is 9.59 Å². The summed E-state index contributed by atoms with van der Waals surface area (Å²) < 4.78 is 0. The fraction of sp³-hybridized carbons (Fsp3) is 0.111. The van der Waals surface area contributed by atoms with Crippen LogP contribution in [0.15, 0.2) is 24.3 Å². The Labute approximate surface area is 77.6 Å². The highest BCUT2D eigenvalue weighted by Crippen LogP contribution is 2.01. The van der Waals surface area contributed by atoms with Gasteiger partial charge in [0, 0.05) is 12.1 Å². The number of hydrogen-bond donors (Lipinski definition) is 1. The summed E-state index contributed by atoms with van der Waals surface area (Å²) in [6.07, 6.45) is 0.769. The second-order valence-corrected chi connectivity index (χ2v) is 2.58. The van der Waals surface area contributed by atoms with Crippen LogP contribution < -0.4 is 5.32 Å². The molecule has 0 fully saturated rings. The van der Waals surface area contributed by atoms with Crippen LogP contribution in [0.5, 0.6) is 0 Å². The molecule has 1 N–H and O–H groups in total. The highest BCUT2D eigenvalue weighted by Gasteiger charge is 1.94. The maximum Gasteiger partial charge on any atom is 0.200 e. The lowest BCUT2D eigenvalue weighted by atomic mass is 10.1. The van der Waals surface area contributed by atoms with Gasteiger partial charge >= 0.3 is 0 Å². The van der Waals surface area contributed by atoms with E-state index in [1.54, 1.807) is 24.3 Å². The molecule has 0 spiro atoms. The Bertz CT molecular complexity index is 308. The Morgan fingerprint density at radius 3 is 2.46 bits per heavy atom. The van der Waals surface area contributed by atoms with Crippen LogP contribution in [-0.2, 0) is 6.54 Å². The van der Waals surface area contributed by atoms with Crippen LogP contribution >= 0.6 is 0 Å². The van der Waals surface area contributed by atoms with Crippen molar-refractivity contribution in [3.05, 3.63) is 35.4 Å². The van der Waals surface area contributed by atoms with Crippen molar-refractivity contribution in [2.45, 2.75) is 6.54 Å². The molecule has 0 unspecified atom stereocenters. The van der Waals surface area contributed by atoms with Gasteiger partial charge in [-0.3, -0.25) is 9.59 Å². The van der Waals surface area contributed by atoms with Gasteiger partial charge in [0.2, 0.25) is 7.85 Å². The number of nitrogens with one attached hydrogen (secondary N) is 1. The van der Waals surface area contributed by atoms with Gasteiger partial charge in [0.25, 0.3) is 0 Å². The van der Waals surface area contributed by atoms with E-state index in [2.05, 4.69) is 5.32 Å². The number of carbonyl (C=O) groups is 2. The van der Waals surface area contributed by atoms with Gasteiger partial charge in [0.1, 0.15) is 6.29 Å². The molecule has 1 aromatic rings. The molecule has 0 aromatic heterocycles. The first-order valence-corrected chi connectivity index (χ1v) is 3.80. The van der Waals surface area contributed by atoms with E-state index in [0.717, 1.165) is 11.8 Å². The largest absolute Gasteiger partial charge is 0.362 e. The van der Waals surface area contributed by atoms with Crippen LogP contribution in [-0.4, -0.2) is 19.9 Å². The monoisotopic (exact) mass is 173 g/mol. The molecule has 4 heteroatoms. The van der Waals surface area contributed by atoms with E-state index in [1.165, 1.54) is 0 Å². The fourth-order valence-electron chi connectivity index (χ4n) is 0.903. The SMILES string of the molecule is [B]C(=O)NCc1ccc(C=O)cc1. The van der Waals surface area contributed by atoms with Gasteiger partial charge in [-0.25, -0.2) is 0 Å². The molecule has 0 aliphatic heterocycles. The number of aldehydes is 1. The normalized spacial score (nSPS) is 9.23. The van der Waals surface area contributed by atoms with E-state index in [4.69, 9.17) is 7.85 Å². The molecule has 0 saturated carbocycles. The maximum absolute atomic E-state index is 10.4. The molecule has 0 atom stereocenters. The summed E-state index contributed by atoms with van der Waals surface area (Å²) in [6.45, 7) is 0.383. The van der Waals surface area contributed by atoms with Crippen molar-refractivity contribution < 1.29 is 9.59 Å². The van der Waals surface area contributed by atoms with Gasteiger partial charge in [0.15, 0.2) is 5.81 Å². The van der Waals surface area contributed by atoms with Crippen molar-refractivity contribution in [3.63, 3.8) is 0 Å². The Morgan fingerprint density at radius 2 is 2.00 bits per heavy atom. The summed E-state index contributed by atoms with van der Waals surface area (Å²) >= 11 is 0. The Morgan fingerprint density at radius 1 is 1.38 bits per heavy atom. The Hall–Kier alpha value is -1.58. The molecule has 13 heavy (non-hydrogen) atoms. The van der Waals surface area contributed by atoms with E-state index in [1.807, 2.05) is 0 Å². The zero-order valence-electron chi connectivity index (χ0n) is 6.99. The van der Waals surface area contributed by atoms with Crippen LogP contribution in [0.4, 0.5) is 4.79 Å². The molecule has 0 bridgehead atoms. The quantitative estimate of drug-likeness (QED) is 0.544. The average Bonchev–Trinajstić information content (AvgIpc) is 2.15. The van der Waals surface area contributed by atoms with E-state index in [0.29, 0.717) is 12.1 Å². The van der Waals surface area contributed by atoms with Gasteiger partial charge in [-0.1, -0.05) is 24.3 Å². The molecule has 0 aliphatic rings. The Balaban J connectivity index is 2.59. The van der Waals surface area contributed by atoms with Crippen LogP contribution in [0.25, 0.3) is 0 Å². The Kier molecular flexibility index (Phi) is 3.26. The summed E-state index contributed by atoms with van der Waals surface area (Å²) in [6, 6.07) is 6.90. The first-order chi connectivity index (χ1) is 6.22. The van der Waals surface area contributed by atoms with E-state index < -0.39 is 5.81 Å². The van der Waals surface area contributed by atoms with Gasteiger partial charge in [-0.05, 0) is 5.56 Å². The van der Waals surface area contributed by atoms with Crippen LogP contribution in [0.2, 0.25) is 0 Å². The summed E-state index contributed by atoms with van der Waals surface area (Å²) in [4.78, 5) is 20.6. The van der Waals surface area contributed by atoms with Gasteiger partial charge in [0.05, 0.1) is 0 Å². The van der Waals surface area contributed by atoms with E-state index in [-0.39, 0.29) is 0 Å². The van der Waals surface area contributed by atoms with Crippen LogP contribution in [0.1, 0.15) is 15.9 Å². The summed E-state index contributed by atoms with van der Waals surface area (Å²) in [5, 5.41) is 2.45. The summed E-state index contributed by atoms with van der Waals surface area (Å²) in [7, 11) is 4.89. The molecule has 3 nitrogen and oxygen atoms in total. The number of benzene rings is 1. The molecule has 1 amide bonds. The highest BCUT2D eigenvalue weighted by molar-refractivity contribution is 6.57. The third-order valence-corrected chi connectivity index (χ3v) is 1.58. The minimum Gasteiger partial charge on any atom is -0.362 e. The van der Waals surface area contributed by atoms with Crippen LogP contribution in [0.3, 0.4) is 0 Å². The van der Waals surface area contributed by atoms with E-state index >= 15 is 0 Å². The number of rotatable bonds is 3. The second kappa shape index (κ2) is 4.45. The van der Waals surface area contributed by atoms with Crippen molar-refractivity contribution in [1.29, 1.82) is 0 Å². The third-order valence-electron chi connectivity index (χ3n) is 1.58. The van der Waals surface area contributed by atoms with Crippen molar-refractivity contribution in [3.8, 4) is 0 Å². The predicted molar refractivity (Wildman–Crippen MR) is 49.8 cm³/mol. The highest BCUT2D eigenvalue weighted by atomic mass is 16.1. The predicted octanol–water partition coefficient (Wildman–Crippen LogP) is 0.877. The lowest BCUT2D eigenvalue weighted by Gasteiger charge is -2.01. The van der Waals surface area contributed by atoms with Crippen LogP contribution in [0, 0.1) is 0 Å². The van der Waals surface area contributed by atoms with Crippen molar-refractivity contribution in [2.24, 2.45) is 0 Å². The topological polar surface area (TPSA) is 46.2 Å².